The Balaban J connectivity index is 1.34. The summed E-state index contributed by atoms with van der Waals surface area (Å²) in [6.45, 7) is 0. The largest absolute Gasteiger partial charge is 0.309 e. The highest BCUT2D eigenvalue weighted by Crippen LogP contribution is 2.50. The molecule has 10 rings (SSSR count). The number of fused-ring (bicyclic) bond motifs is 6. The van der Waals surface area contributed by atoms with Crippen molar-refractivity contribution in [1.29, 1.82) is 0 Å². The third-order valence-electron chi connectivity index (χ3n) is 10.1. The molecule has 0 atom stereocenters. The second-order valence-electron chi connectivity index (χ2n) is 12.9. The Morgan fingerprint density at radius 2 is 0.900 bits per heavy atom. The fourth-order valence-corrected chi connectivity index (χ4v) is 8.01. The van der Waals surface area contributed by atoms with Gasteiger partial charge in [-0.1, -0.05) is 152 Å². The van der Waals surface area contributed by atoms with E-state index in [0.717, 1.165) is 17.1 Å². The summed E-state index contributed by atoms with van der Waals surface area (Å²) < 4.78 is 2.39. The number of anilines is 3. The van der Waals surface area contributed by atoms with E-state index >= 15 is 0 Å². The maximum absolute atomic E-state index is 2.51. The molecule has 2 heteroatoms. The molecule has 1 heterocycles. The van der Waals surface area contributed by atoms with E-state index in [9.17, 15) is 0 Å². The van der Waals surface area contributed by atoms with Crippen LogP contribution in [0, 0.1) is 0 Å². The molecule has 0 unspecified atom stereocenters. The first kappa shape index (κ1) is 28.4. The molecule has 234 valence electrons. The third-order valence-corrected chi connectivity index (χ3v) is 10.1. The lowest BCUT2D eigenvalue weighted by atomic mass is 9.89. The van der Waals surface area contributed by atoms with E-state index in [4.69, 9.17) is 0 Å². The van der Waals surface area contributed by atoms with E-state index in [1.165, 1.54) is 70.9 Å². The van der Waals surface area contributed by atoms with Crippen molar-refractivity contribution in [2.75, 3.05) is 4.90 Å². The van der Waals surface area contributed by atoms with Gasteiger partial charge in [0.1, 0.15) is 0 Å². The molecule has 0 aliphatic heterocycles. The average molecular weight is 637 g/mol. The van der Waals surface area contributed by atoms with Crippen LogP contribution in [-0.4, -0.2) is 4.57 Å². The smallest absolute Gasteiger partial charge is 0.0619 e. The lowest BCUT2D eigenvalue weighted by molar-refractivity contribution is 1.18. The van der Waals surface area contributed by atoms with Gasteiger partial charge in [-0.05, 0) is 69.8 Å². The van der Waals surface area contributed by atoms with Gasteiger partial charge < -0.3 is 9.47 Å². The fourth-order valence-electron chi connectivity index (χ4n) is 8.01. The monoisotopic (exact) mass is 636 g/mol. The zero-order chi connectivity index (χ0) is 33.0. The number of aromatic nitrogens is 1. The Morgan fingerprint density at radius 3 is 1.62 bits per heavy atom. The first-order chi connectivity index (χ1) is 24.8. The number of hydrogen-bond donors (Lipinski definition) is 0. The van der Waals surface area contributed by atoms with Crippen LogP contribution in [0.1, 0.15) is 0 Å². The molecule has 0 N–H and O–H groups in total. The molecule has 0 radical (unpaired) electrons. The minimum Gasteiger partial charge on any atom is -0.309 e. The quantitative estimate of drug-likeness (QED) is 0.171. The van der Waals surface area contributed by atoms with Crippen molar-refractivity contribution in [3.63, 3.8) is 0 Å². The average Bonchev–Trinajstić information content (AvgIpc) is 3.52. The zero-order valence-electron chi connectivity index (χ0n) is 27.4. The van der Waals surface area contributed by atoms with Gasteiger partial charge in [-0.15, -0.1) is 0 Å². The molecular weight excluding hydrogens is 605 g/mol. The third kappa shape index (κ3) is 4.36. The van der Waals surface area contributed by atoms with Crippen molar-refractivity contribution in [3.8, 4) is 16.8 Å². The van der Waals surface area contributed by atoms with Gasteiger partial charge in [0.2, 0.25) is 0 Å². The van der Waals surface area contributed by atoms with Crippen molar-refractivity contribution >= 4 is 71.2 Å². The van der Waals surface area contributed by atoms with Crippen molar-refractivity contribution < 1.29 is 0 Å². The summed E-state index contributed by atoms with van der Waals surface area (Å²) in [7, 11) is 0. The maximum Gasteiger partial charge on any atom is 0.0619 e. The molecule has 0 spiro atoms. The lowest BCUT2D eigenvalue weighted by Gasteiger charge is -2.30. The van der Waals surface area contributed by atoms with E-state index in [1.54, 1.807) is 0 Å². The minimum absolute atomic E-state index is 1.12. The van der Waals surface area contributed by atoms with Crippen LogP contribution in [0.25, 0.3) is 70.9 Å². The van der Waals surface area contributed by atoms with Crippen molar-refractivity contribution in [2.45, 2.75) is 0 Å². The van der Waals surface area contributed by atoms with E-state index in [1.807, 2.05) is 0 Å². The molecule has 0 aliphatic rings. The second kappa shape index (κ2) is 11.5. The molecule has 0 aliphatic carbocycles. The molecule has 10 aromatic rings. The predicted molar refractivity (Wildman–Crippen MR) is 213 cm³/mol. The van der Waals surface area contributed by atoms with Crippen LogP contribution >= 0.6 is 0 Å². The van der Waals surface area contributed by atoms with Crippen molar-refractivity contribution in [3.05, 3.63) is 194 Å². The van der Waals surface area contributed by atoms with Gasteiger partial charge in [-0.25, -0.2) is 0 Å². The number of hydrogen-bond acceptors (Lipinski definition) is 1. The van der Waals surface area contributed by atoms with Crippen LogP contribution in [0.2, 0.25) is 0 Å². The van der Waals surface area contributed by atoms with Crippen molar-refractivity contribution in [2.24, 2.45) is 0 Å². The molecule has 0 saturated heterocycles. The Kier molecular flexibility index (Phi) is 6.53. The summed E-state index contributed by atoms with van der Waals surface area (Å²) in [6, 6.07) is 70.5. The Labute approximate surface area is 290 Å². The van der Waals surface area contributed by atoms with Gasteiger partial charge in [-0.2, -0.15) is 0 Å². The molecule has 1 aromatic heterocycles. The second-order valence-corrected chi connectivity index (χ2v) is 12.9. The summed E-state index contributed by atoms with van der Waals surface area (Å²) in [6.07, 6.45) is 0. The standard InChI is InChI=1S/C48H32N2/c1-3-17-34(18-4-1)47-39-24-9-11-26-41(39)48(42-27-12-10-25-40(42)47)50(44-29-15-19-33-16-7-8-22-37(33)44)36-30-31-46-43(32-36)38-23-13-14-28-45(38)49(46)35-20-5-2-6-21-35/h1-32H. The molecule has 2 nitrogen and oxygen atoms in total. The van der Waals surface area contributed by atoms with E-state index in [-0.39, 0.29) is 0 Å². The normalized spacial score (nSPS) is 11.6. The van der Waals surface area contributed by atoms with Gasteiger partial charge in [0.05, 0.1) is 22.4 Å². The van der Waals surface area contributed by atoms with Crippen LogP contribution in [0.4, 0.5) is 17.1 Å². The summed E-state index contributed by atoms with van der Waals surface area (Å²) in [4.78, 5) is 2.51. The lowest BCUT2D eigenvalue weighted by Crippen LogP contribution is -2.12. The van der Waals surface area contributed by atoms with Gasteiger partial charge >= 0.3 is 0 Å². The predicted octanol–water partition coefficient (Wildman–Crippen LogP) is 13.4. The molecule has 50 heavy (non-hydrogen) atoms. The van der Waals surface area contributed by atoms with Gasteiger partial charge in [0, 0.05) is 38.3 Å². The molecule has 9 aromatic carbocycles. The SMILES string of the molecule is c1ccc(-c2c3ccccc3c(N(c3ccc4c(c3)c3ccccc3n4-c3ccccc3)c3cccc4ccccc34)c3ccccc23)cc1. The summed E-state index contributed by atoms with van der Waals surface area (Å²) in [5, 5.41) is 9.78. The Hall–Kier alpha value is -6.64. The van der Waals surface area contributed by atoms with Crippen LogP contribution in [0.3, 0.4) is 0 Å². The summed E-state index contributed by atoms with van der Waals surface area (Å²) >= 11 is 0. The summed E-state index contributed by atoms with van der Waals surface area (Å²) in [5.74, 6) is 0. The van der Waals surface area contributed by atoms with Crippen molar-refractivity contribution in [1.82, 2.24) is 4.57 Å². The highest BCUT2D eigenvalue weighted by atomic mass is 15.1. The molecule has 0 bridgehead atoms. The van der Waals surface area contributed by atoms with Crippen LogP contribution in [0.5, 0.6) is 0 Å². The van der Waals surface area contributed by atoms with Gasteiger partial charge in [0.15, 0.2) is 0 Å². The highest BCUT2D eigenvalue weighted by Gasteiger charge is 2.24. The van der Waals surface area contributed by atoms with E-state index in [0.29, 0.717) is 0 Å². The molecular formula is C48H32N2. The number of benzene rings is 9. The zero-order valence-corrected chi connectivity index (χ0v) is 27.4. The number of para-hydroxylation sites is 2. The Bertz CT molecular complexity index is 2800. The molecule has 0 fully saturated rings. The van der Waals surface area contributed by atoms with Crippen LogP contribution in [-0.2, 0) is 0 Å². The molecule has 0 saturated carbocycles. The van der Waals surface area contributed by atoms with E-state index < -0.39 is 0 Å². The van der Waals surface area contributed by atoms with Crippen LogP contribution in [0.15, 0.2) is 194 Å². The molecule has 0 amide bonds. The first-order valence-electron chi connectivity index (χ1n) is 17.2. The van der Waals surface area contributed by atoms with Gasteiger partial charge in [0.25, 0.3) is 0 Å². The number of rotatable bonds is 5. The van der Waals surface area contributed by atoms with E-state index in [2.05, 4.69) is 204 Å². The topological polar surface area (TPSA) is 8.17 Å². The fraction of sp³-hybridized carbons (Fsp3) is 0. The highest BCUT2D eigenvalue weighted by molar-refractivity contribution is 6.23. The summed E-state index contributed by atoms with van der Waals surface area (Å²) in [5.41, 5.74) is 9.48. The van der Waals surface area contributed by atoms with Crippen LogP contribution < -0.4 is 4.90 Å². The minimum atomic E-state index is 1.12. The Morgan fingerprint density at radius 1 is 0.360 bits per heavy atom. The van der Waals surface area contributed by atoms with Gasteiger partial charge in [-0.3, -0.25) is 0 Å². The maximum atomic E-state index is 2.51. The first-order valence-corrected chi connectivity index (χ1v) is 17.2. The number of nitrogens with zero attached hydrogens (tertiary/aromatic N) is 2.